The normalized spacial score (nSPS) is 13.6. The number of halogens is 2. The summed E-state index contributed by atoms with van der Waals surface area (Å²) < 4.78 is 14.6. The molecule has 0 bridgehead atoms. The number of rotatable bonds is 1. The number of aromatic hydroxyl groups is 1. The van der Waals surface area contributed by atoms with Crippen LogP contribution in [-0.4, -0.2) is 30.5 Å². The van der Waals surface area contributed by atoms with Gasteiger partial charge in [-0.15, -0.1) is 0 Å². The molecule has 0 fully saturated rings. The van der Waals surface area contributed by atoms with E-state index in [0.717, 1.165) is 23.4 Å². The first-order chi connectivity index (χ1) is 11.0. The molecule has 1 aliphatic heterocycles. The lowest BCUT2D eigenvalue weighted by Crippen LogP contribution is -2.26. The molecular formula is C15H10ClFN4O2. The van der Waals surface area contributed by atoms with Gasteiger partial charge in [-0.1, -0.05) is 11.6 Å². The van der Waals surface area contributed by atoms with Crippen molar-refractivity contribution in [3.05, 3.63) is 58.3 Å². The first-order valence-corrected chi connectivity index (χ1v) is 7.20. The highest BCUT2D eigenvalue weighted by Gasteiger charge is 2.30. The molecule has 6 nitrogen and oxygen atoms in total. The lowest BCUT2D eigenvalue weighted by Gasteiger charge is -2.16. The van der Waals surface area contributed by atoms with Crippen LogP contribution >= 0.6 is 11.6 Å². The molecule has 116 valence electrons. The molecule has 1 N–H and O–H groups in total. The summed E-state index contributed by atoms with van der Waals surface area (Å²) in [6, 6.07) is 3.33. The van der Waals surface area contributed by atoms with Crippen LogP contribution in [0, 0.1) is 5.82 Å². The number of benzene rings is 1. The van der Waals surface area contributed by atoms with Gasteiger partial charge in [-0.05, 0) is 12.1 Å². The average Bonchev–Trinajstić information content (AvgIpc) is 3.03. The standard InChI is InChI=1S/C15H10ClFN4O2/c16-8-4-18-14-11-6-20(7-12(11)19-21(14)5-8)15(23)10-2-1-9(17)3-13(10)22/h1-5,22H,6-7H2. The summed E-state index contributed by atoms with van der Waals surface area (Å²) in [4.78, 5) is 18.3. The van der Waals surface area contributed by atoms with Gasteiger partial charge >= 0.3 is 0 Å². The molecule has 8 heteroatoms. The van der Waals surface area contributed by atoms with Crippen molar-refractivity contribution >= 4 is 23.2 Å². The summed E-state index contributed by atoms with van der Waals surface area (Å²) in [5.74, 6) is -1.35. The van der Waals surface area contributed by atoms with Crippen molar-refractivity contribution in [1.29, 1.82) is 0 Å². The Labute approximate surface area is 134 Å². The lowest BCUT2D eigenvalue weighted by molar-refractivity contribution is 0.0746. The minimum atomic E-state index is -0.595. The Morgan fingerprint density at radius 2 is 2.17 bits per heavy atom. The molecule has 0 saturated carbocycles. The van der Waals surface area contributed by atoms with Crippen LogP contribution in [0.1, 0.15) is 21.6 Å². The van der Waals surface area contributed by atoms with Gasteiger partial charge in [0.2, 0.25) is 0 Å². The third-order valence-electron chi connectivity index (χ3n) is 3.79. The highest BCUT2D eigenvalue weighted by Crippen LogP contribution is 2.29. The molecule has 2 aromatic heterocycles. The Bertz CT molecular complexity index is 956. The fraction of sp³-hybridized carbons (Fsp3) is 0.133. The smallest absolute Gasteiger partial charge is 0.258 e. The molecule has 1 amide bonds. The predicted molar refractivity (Wildman–Crippen MR) is 79.6 cm³/mol. The Balaban J connectivity index is 1.66. The maximum atomic E-state index is 13.0. The third kappa shape index (κ3) is 2.20. The number of phenolic OH excluding ortho intramolecular Hbond substituents is 1. The molecule has 0 aliphatic carbocycles. The number of aromatic nitrogens is 3. The van der Waals surface area contributed by atoms with Crippen LogP contribution in [0.15, 0.2) is 30.6 Å². The second-order valence-corrected chi connectivity index (χ2v) is 5.72. The summed E-state index contributed by atoms with van der Waals surface area (Å²) in [7, 11) is 0. The van der Waals surface area contributed by atoms with Gasteiger partial charge in [-0.2, -0.15) is 5.10 Å². The SMILES string of the molecule is O=C(c1ccc(F)cc1O)N1Cc2nn3cc(Cl)cnc3c2C1. The highest BCUT2D eigenvalue weighted by atomic mass is 35.5. The van der Waals surface area contributed by atoms with Gasteiger partial charge in [0.25, 0.3) is 5.91 Å². The van der Waals surface area contributed by atoms with Crippen LogP contribution in [0.5, 0.6) is 5.75 Å². The van der Waals surface area contributed by atoms with E-state index in [1.54, 1.807) is 10.7 Å². The fourth-order valence-corrected chi connectivity index (χ4v) is 2.86. The summed E-state index contributed by atoms with van der Waals surface area (Å²) in [6.07, 6.45) is 3.18. The average molecular weight is 333 g/mol. The van der Waals surface area contributed by atoms with Gasteiger partial charge < -0.3 is 10.0 Å². The Kier molecular flexibility index (Phi) is 2.99. The van der Waals surface area contributed by atoms with E-state index in [4.69, 9.17) is 11.6 Å². The quantitative estimate of drug-likeness (QED) is 0.742. The highest BCUT2D eigenvalue weighted by molar-refractivity contribution is 6.30. The molecule has 0 unspecified atom stereocenters. The lowest BCUT2D eigenvalue weighted by atomic mass is 10.1. The van der Waals surface area contributed by atoms with Crippen LogP contribution in [-0.2, 0) is 13.1 Å². The van der Waals surface area contributed by atoms with Gasteiger partial charge in [0.15, 0.2) is 5.65 Å². The molecule has 23 heavy (non-hydrogen) atoms. The number of carbonyl (C=O) groups excluding carboxylic acids is 1. The minimum Gasteiger partial charge on any atom is -0.507 e. The number of carbonyl (C=O) groups is 1. The zero-order valence-corrected chi connectivity index (χ0v) is 12.5. The van der Waals surface area contributed by atoms with E-state index in [2.05, 4.69) is 10.1 Å². The number of hydrogen-bond acceptors (Lipinski definition) is 4. The first-order valence-electron chi connectivity index (χ1n) is 6.82. The Hall–Kier alpha value is -2.67. The van der Waals surface area contributed by atoms with Crippen LogP contribution < -0.4 is 0 Å². The zero-order chi connectivity index (χ0) is 16.1. The second kappa shape index (κ2) is 4.92. The summed E-state index contributed by atoms with van der Waals surface area (Å²) >= 11 is 5.88. The van der Waals surface area contributed by atoms with Gasteiger partial charge in [-0.25, -0.2) is 13.9 Å². The maximum absolute atomic E-state index is 13.0. The summed E-state index contributed by atoms with van der Waals surface area (Å²) in [6.45, 7) is 0.620. The van der Waals surface area contributed by atoms with Crippen LogP contribution in [0.2, 0.25) is 5.02 Å². The van der Waals surface area contributed by atoms with E-state index in [9.17, 15) is 14.3 Å². The Morgan fingerprint density at radius 3 is 2.96 bits per heavy atom. The molecule has 0 radical (unpaired) electrons. The number of nitrogens with zero attached hydrogens (tertiary/aromatic N) is 4. The molecule has 0 saturated heterocycles. The Morgan fingerprint density at radius 1 is 1.35 bits per heavy atom. The first kappa shape index (κ1) is 14.0. The largest absolute Gasteiger partial charge is 0.507 e. The van der Waals surface area contributed by atoms with E-state index in [1.807, 2.05) is 0 Å². The molecule has 1 aromatic carbocycles. The van der Waals surface area contributed by atoms with E-state index < -0.39 is 5.82 Å². The van der Waals surface area contributed by atoms with Gasteiger partial charge in [-0.3, -0.25) is 4.79 Å². The van der Waals surface area contributed by atoms with Gasteiger partial charge in [0, 0.05) is 17.8 Å². The third-order valence-corrected chi connectivity index (χ3v) is 3.98. The number of fused-ring (bicyclic) bond motifs is 3. The number of phenols is 1. The topological polar surface area (TPSA) is 70.7 Å². The fourth-order valence-electron chi connectivity index (χ4n) is 2.72. The van der Waals surface area contributed by atoms with Crippen LogP contribution in [0.3, 0.4) is 0 Å². The van der Waals surface area contributed by atoms with Crippen molar-refractivity contribution in [3.8, 4) is 5.75 Å². The zero-order valence-electron chi connectivity index (χ0n) is 11.7. The van der Waals surface area contributed by atoms with E-state index in [0.29, 0.717) is 23.8 Å². The molecule has 4 rings (SSSR count). The summed E-state index contributed by atoms with van der Waals surface area (Å²) in [5.41, 5.74) is 2.28. The minimum absolute atomic E-state index is 0.0597. The van der Waals surface area contributed by atoms with Crippen molar-refractivity contribution < 1.29 is 14.3 Å². The second-order valence-electron chi connectivity index (χ2n) is 5.29. The van der Waals surface area contributed by atoms with Gasteiger partial charge in [0.05, 0.1) is 35.6 Å². The molecule has 3 heterocycles. The van der Waals surface area contributed by atoms with Crippen LogP contribution in [0.25, 0.3) is 5.65 Å². The molecule has 1 aliphatic rings. The van der Waals surface area contributed by atoms with Crippen molar-refractivity contribution in [2.45, 2.75) is 13.1 Å². The van der Waals surface area contributed by atoms with Crippen molar-refractivity contribution in [2.75, 3.05) is 0 Å². The monoisotopic (exact) mass is 332 g/mol. The number of hydrogen-bond donors (Lipinski definition) is 1. The van der Waals surface area contributed by atoms with E-state index in [-0.39, 0.29) is 17.2 Å². The van der Waals surface area contributed by atoms with E-state index >= 15 is 0 Å². The molecular weight excluding hydrogens is 323 g/mol. The predicted octanol–water partition coefficient (Wildman–Crippen LogP) is 2.38. The van der Waals surface area contributed by atoms with Crippen molar-refractivity contribution in [1.82, 2.24) is 19.5 Å². The van der Waals surface area contributed by atoms with Crippen LogP contribution in [0.4, 0.5) is 4.39 Å². The maximum Gasteiger partial charge on any atom is 0.258 e. The van der Waals surface area contributed by atoms with E-state index in [1.165, 1.54) is 17.2 Å². The molecule has 0 spiro atoms. The number of amides is 1. The summed E-state index contributed by atoms with van der Waals surface area (Å²) in [5, 5.41) is 14.6. The van der Waals surface area contributed by atoms with Crippen molar-refractivity contribution in [2.24, 2.45) is 0 Å². The molecule has 3 aromatic rings. The molecule has 0 atom stereocenters. The van der Waals surface area contributed by atoms with Gasteiger partial charge in [0.1, 0.15) is 11.6 Å². The van der Waals surface area contributed by atoms with Crippen molar-refractivity contribution in [3.63, 3.8) is 0 Å².